The predicted octanol–water partition coefficient (Wildman–Crippen LogP) is 5.46. The SMILES string of the molecule is Cc1ccc(C(C)C)c(OCc2nnc(SCC(=O)Nc3ccc(Br)cc3F)n2C)c1. The lowest BCUT2D eigenvalue weighted by molar-refractivity contribution is -0.113. The van der Waals surface area contributed by atoms with Crippen molar-refractivity contribution in [1.29, 1.82) is 0 Å². The molecule has 0 unspecified atom stereocenters. The highest BCUT2D eigenvalue weighted by molar-refractivity contribution is 9.10. The molecule has 0 aliphatic carbocycles. The van der Waals surface area contributed by atoms with Gasteiger partial charge in [-0.1, -0.05) is 53.7 Å². The number of aromatic nitrogens is 3. The number of rotatable bonds is 8. The number of aryl methyl sites for hydroxylation is 1. The Morgan fingerprint density at radius 1 is 1.26 bits per heavy atom. The van der Waals surface area contributed by atoms with Crippen LogP contribution in [-0.2, 0) is 18.4 Å². The van der Waals surface area contributed by atoms with Gasteiger partial charge in [0.05, 0.1) is 11.4 Å². The molecule has 3 aromatic rings. The van der Waals surface area contributed by atoms with Gasteiger partial charge < -0.3 is 14.6 Å². The molecule has 6 nitrogen and oxygen atoms in total. The quantitative estimate of drug-likeness (QED) is 0.411. The third-order valence-electron chi connectivity index (χ3n) is 4.61. The highest BCUT2D eigenvalue weighted by Crippen LogP contribution is 2.28. The van der Waals surface area contributed by atoms with E-state index in [-0.39, 0.29) is 24.0 Å². The van der Waals surface area contributed by atoms with Crippen LogP contribution in [0.15, 0.2) is 46.0 Å². The maximum atomic E-state index is 13.9. The number of nitrogens with zero attached hydrogens (tertiary/aromatic N) is 3. The molecule has 164 valence electrons. The average molecular weight is 507 g/mol. The third-order valence-corrected chi connectivity index (χ3v) is 6.12. The number of carbonyl (C=O) groups excluding carboxylic acids is 1. The molecule has 0 saturated heterocycles. The zero-order chi connectivity index (χ0) is 22.5. The molecule has 0 spiro atoms. The van der Waals surface area contributed by atoms with E-state index in [9.17, 15) is 9.18 Å². The van der Waals surface area contributed by atoms with Crippen molar-refractivity contribution in [3.63, 3.8) is 0 Å². The average Bonchev–Trinajstić information content (AvgIpc) is 3.06. The Kier molecular flexibility index (Phi) is 7.72. The van der Waals surface area contributed by atoms with Crippen LogP contribution in [0, 0.1) is 12.7 Å². The number of halogens is 2. The summed E-state index contributed by atoms with van der Waals surface area (Å²) in [5.41, 5.74) is 2.40. The number of hydrogen-bond acceptors (Lipinski definition) is 5. The van der Waals surface area contributed by atoms with Crippen LogP contribution in [0.3, 0.4) is 0 Å². The molecule has 31 heavy (non-hydrogen) atoms. The molecule has 1 aromatic heterocycles. The van der Waals surface area contributed by atoms with Gasteiger partial charge in [0.2, 0.25) is 5.91 Å². The summed E-state index contributed by atoms with van der Waals surface area (Å²) in [6, 6.07) is 10.7. The van der Waals surface area contributed by atoms with Gasteiger partial charge in [-0.25, -0.2) is 4.39 Å². The molecule has 0 aliphatic heterocycles. The molecule has 0 atom stereocenters. The smallest absolute Gasteiger partial charge is 0.234 e. The largest absolute Gasteiger partial charge is 0.485 e. The van der Waals surface area contributed by atoms with E-state index in [4.69, 9.17) is 4.74 Å². The van der Waals surface area contributed by atoms with Crippen LogP contribution in [0.1, 0.15) is 36.7 Å². The molecule has 2 aromatic carbocycles. The number of nitrogens with one attached hydrogen (secondary N) is 1. The van der Waals surface area contributed by atoms with Crippen molar-refractivity contribution < 1.29 is 13.9 Å². The van der Waals surface area contributed by atoms with Crippen LogP contribution in [-0.4, -0.2) is 26.4 Å². The molecule has 1 heterocycles. The van der Waals surface area contributed by atoms with E-state index in [0.29, 0.717) is 21.4 Å². The van der Waals surface area contributed by atoms with E-state index in [2.05, 4.69) is 57.4 Å². The second-order valence-corrected chi connectivity index (χ2v) is 9.26. The summed E-state index contributed by atoms with van der Waals surface area (Å²) in [4.78, 5) is 12.2. The summed E-state index contributed by atoms with van der Waals surface area (Å²) in [7, 11) is 1.83. The second kappa shape index (κ2) is 10.3. The molecular formula is C22H24BrFN4O2S. The van der Waals surface area contributed by atoms with E-state index < -0.39 is 5.82 Å². The fourth-order valence-corrected chi connectivity index (χ4v) is 3.95. The molecule has 1 N–H and O–H groups in total. The van der Waals surface area contributed by atoms with Crippen LogP contribution in [0.25, 0.3) is 0 Å². The first-order chi connectivity index (χ1) is 14.7. The van der Waals surface area contributed by atoms with Gasteiger partial charge in [-0.05, 0) is 48.2 Å². The summed E-state index contributed by atoms with van der Waals surface area (Å²) in [5, 5.41) is 11.5. The third kappa shape index (κ3) is 6.07. The van der Waals surface area contributed by atoms with E-state index >= 15 is 0 Å². The summed E-state index contributed by atoms with van der Waals surface area (Å²) < 4.78 is 22.3. The summed E-state index contributed by atoms with van der Waals surface area (Å²) >= 11 is 4.42. The van der Waals surface area contributed by atoms with Crippen molar-refractivity contribution in [2.24, 2.45) is 7.05 Å². The van der Waals surface area contributed by atoms with E-state index in [1.807, 2.05) is 20.0 Å². The lowest BCUT2D eigenvalue weighted by Crippen LogP contribution is -2.15. The van der Waals surface area contributed by atoms with Crippen LogP contribution >= 0.6 is 27.7 Å². The van der Waals surface area contributed by atoms with Crippen molar-refractivity contribution >= 4 is 39.3 Å². The van der Waals surface area contributed by atoms with Crippen molar-refractivity contribution in [3.05, 3.63) is 63.6 Å². The lowest BCUT2D eigenvalue weighted by Gasteiger charge is -2.14. The first kappa shape index (κ1) is 23.3. The van der Waals surface area contributed by atoms with Crippen LogP contribution in [0.5, 0.6) is 5.75 Å². The van der Waals surface area contributed by atoms with Gasteiger partial charge in [-0.15, -0.1) is 10.2 Å². The first-order valence-electron chi connectivity index (χ1n) is 9.74. The Morgan fingerprint density at radius 3 is 2.74 bits per heavy atom. The van der Waals surface area contributed by atoms with Gasteiger partial charge in [-0.2, -0.15) is 0 Å². The number of carbonyl (C=O) groups is 1. The highest BCUT2D eigenvalue weighted by Gasteiger charge is 2.15. The Labute approximate surface area is 193 Å². The summed E-state index contributed by atoms with van der Waals surface area (Å²) in [6.45, 7) is 6.54. The maximum Gasteiger partial charge on any atom is 0.234 e. The van der Waals surface area contributed by atoms with E-state index in [0.717, 1.165) is 16.9 Å². The van der Waals surface area contributed by atoms with Crippen molar-refractivity contribution in [3.8, 4) is 5.75 Å². The molecule has 3 rings (SSSR count). The van der Waals surface area contributed by atoms with Crippen molar-refractivity contribution in [2.75, 3.05) is 11.1 Å². The van der Waals surface area contributed by atoms with E-state index in [1.54, 1.807) is 10.6 Å². The molecule has 0 saturated carbocycles. The maximum absolute atomic E-state index is 13.9. The summed E-state index contributed by atoms with van der Waals surface area (Å²) in [6.07, 6.45) is 0. The number of ether oxygens (including phenoxy) is 1. The van der Waals surface area contributed by atoms with Crippen molar-refractivity contribution in [1.82, 2.24) is 14.8 Å². The van der Waals surface area contributed by atoms with Gasteiger partial charge >= 0.3 is 0 Å². The normalized spacial score (nSPS) is 11.1. The lowest BCUT2D eigenvalue weighted by atomic mass is 10.0. The second-order valence-electron chi connectivity index (χ2n) is 7.40. The van der Waals surface area contributed by atoms with Crippen LogP contribution < -0.4 is 10.1 Å². The molecule has 0 aliphatic rings. The van der Waals surface area contributed by atoms with Crippen LogP contribution in [0.4, 0.5) is 10.1 Å². The molecule has 0 bridgehead atoms. The van der Waals surface area contributed by atoms with Gasteiger partial charge in [0, 0.05) is 11.5 Å². The number of hydrogen-bond donors (Lipinski definition) is 1. The predicted molar refractivity (Wildman–Crippen MR) is 124 cm³/mol. The molecular weight excluding hydrogens is 483 g/mol. The number of anilines is 1. The van der Waals surface area contributed by atoms with Gasteiger partial charge in [-0.3, -0.25) is 4.79 Å². The van der Waals surface area contributed by atoms with E-state index in [1.165, 1.54) is 23.9 Å². The molecule has 1 amide bonds. The minimum atomic E-state index is -0.497. The summed E-state index contributed by atoms with van der Waals surface area (Å²) in [5.74, 6) is 1.09. The van der Waals surface area contributed by atoms with Gasteiger partial charge in [0.1, 0.15) is 18.2 Å². The molecule has 9 heteroatoms. The van der Waals surface area contributed by atoms with Gasteiger partial charge in [0.15, 0.2) is 11.0 Å². The fraction of sp³-hybridized carbons (Fsp3) is 0.318. The number of benzene rings is 2. The standard InChI is InChI=1S/C22H24BrFN4O2S/c1-13(2)16-7-5-14(3)9-19(16)30-11-20-26-27-22(28(20)4)31-12-21(29)25-18-8-6-15(23)10-17(18)24/h5-10,13H,11-12H2,1-4H3,(H,25,29). The monoisotopic (exact) mass is 506 g/mol. The van der Waals surface area contributed by atoms with Crippen molar-refractivity contribution in [2.45, 2.75) is 38.5 Å². The highest BCUT2D eigenvalue weighted by atomic mass is 79.9. The number of amides is 1. The molecule has 0 radical (unpaired) electrons. The topological polar surface area (TPSA) is 69.0 Å². The minimum Gasteiger partial charge on any atom is -0.485 e. The zero-order valence-electron chi connectivity index (χ0n) is 17.8. The molecule has 0 fully saturated rings. The first-order valence-corrected chi connectivity index (χ1v) is 11.5. The Hall–Kier alpha value is -2.39. The minimum absolute atomic E-state index is 0.0811. The van der Waals surface area contributed by atoms with Gasteiger partial charge in [0.25, 0.3) is 0 Å². The zero-order valence-corrected chi connectivity index (χ0v) is 20.2. The Balaban J connectivity index is 1.59. The van der Waals surface area contributed by atoms with Crippen LogP contribution in [0.2, 0.25) is 0 Å². The fourth-order valence-electron chi connectivity index (χ4n) is 2.89. The Bertz CT molecular complexity index is 1090. The number of thioether (sulfide) groups is 1. The Morgan fingerprint density at radius 2 is 2.03 bits per heavy atom.